The Balaban J connectivity index is 2.10. The van der Waals surface area contributed by atoms with Crippen LogP contribution < -0.4 is 10.1 Å². The molecule has 0 aliphatic heterocycles. The van der Waals surface area contributed by atoms with Crippen molar-refractivity contribution < 1.29 is 4.74 Å². The molecule has 180 valence electrons. The minimum atomic E-state index is -0.126. The van der Waals surface area contributed by atoms with Crippen LogP contribution in [-0.2, 0) is 0 Å². The predicted molar refractivity (Wildman–Crippen MR) is 147 cm³/mol. The van der Waals surface area contributed by atoms with Gasteiger partial charge in [0.1, 0.15) is 5.75 Å². The summed E-state index contributed by atoms with van der Waals surface area (Å²) in [5, 5.41) is 3.87. The summed E-state index contributed by atoms with van der Waals surface area (Å²) in [6.07, 6.45) is 13.0. The van der Waals surface area contributed by atoms with Crippen LogP contribution in [0.15, 0.2) is 96.2 Å². The van der Waals surface area contributed by atoms with Crippen molar-refractivity contribution >= 4 is 0 Å². The van der Waals surface area contributed by atoms with Crippen LogP contribution in [0.1, 0.15) is 57.3 Å². The lowest BCUT2D eigenvalue weighted by molar-refractivity contribution is 0.415. The van der Waals surface area contributed by atoms with Gasteiger partial charge < -0.3 is 10.1 Å². The van der Waals surface area contributed by atoms with Gasteiger partial charge in [0.15, 0.2) is 0 Å². The molecule has 0 bridgehead atoms. The molecule has 2 atom stereocenters. The molecule has 1 N–H and O–H groups in total. The number of hydrogen-bond acceptors (Lipinski definition) is 3. The van der Waals surface area contributed by atoms with Crippen molar-refractivity contribution in [3.8, 4) is 29.4 Å². The summed E-state index contributed by atoms with van der Waals surface area (Å²) in [5.74, 6) is 3.87. The van der Waals surface area contributed by atoms with Gasteiger partial charge in [0.2, 0.25) is 0 Å². The highest BCUT2D eigenvalue weighted by atomic mass is 16.5. The van der Waals surface area contributed by atoms with Crippen molar-refractivity contribution in [3.63, 3.8) is 0 Å². The predicted octanol–water partition coefficient (Wildman–Crippen LogP) is 7.73. The number of allylic oxidation sites excluding steroid dienone is 4. The number of pyridine rings is 1. The molecule has 0 aliphatic rings. The molecule has 3 aromatic rings. The summed E-state index contributed by atoms with van der Waals surface area (Å²) in [4.78, 5) is 5.10. The van der Waals surface area contributed by atoms with Crippen molar-refractivity contribution in [2.45, 2.75) is 46.1 Å². The van der Waals surface area contributed by atoms with Crippen LogP contribution >= 0.6 is 0 Å². The molecular formula is C32H36N2O. The van der Waals surface area contributed by atoms with E-state index in [0.717, 1.165) is 53.2 Å². The van der Waals surface area contributed by atoms with E-state index in [1.807, 2.05) is 36.4 Å². The number of rotatable bonds is 11. The lowest BCUT2D eigenvalue weighted by Gasteiger charge is -2.27. The summed E-state index contributed by atoms with van der Waals surface area (Å²) in [6.45, 7) is 6.40. The molecule has 2 unspecified atom stereocenters. The second kappa shape index (κ2) is 13.2. The van der Waals surface area contributed by atoms with Crippen LogP contribution in [0.25, 0.3) is 11.3 Å². The molecule has 0 fully saturated rings. The van der Waals surface area contributed by atoms with Crippen molar-refractivity contribution in [1.82, 2.24) is 10.3 Å². The largest absolute Gasteiger partial charge is 0.497 e. The first-order valence-electron chi connectivity index (χ1n) is 12.4. The number of nitrogens with one attached hydrogen (secondary N) is 1. The number of hydrogen-bond donors (Lipinski definition) is 1. The summed E-state index contributed by atoms with van der Waals surface area (Å²) >= 11 is 0. The molecule has 0 saturated heterocycles. The van der Waals surface area contributed by atoms with E-state index < -0.39 is 0 Å². The Labute approximate surface area is 211 Å². The zero-order valence-electron chi connectivity index (χ0n) is 21.3. The third-order valence-corrected chi connectivity index (χ3v) is 6.25. The molecule has 0 saturated carbocycles. The fourth-order valence-corrected chi connectivity index (χ4v) is 4.22. The topological polar surface area (TPSA) is 34.1 Å². The average molecular weight is 465 g/mol. The standard InChI is InChI=1S/C32H36N2O/c1-6-10-15-25(9-4)31(24(7-2)8-3)34-32(27-16-12-11-13-17-27)30-19-14-18-29(33-30)26-20-22-28(35-5)23-21-26/h2,6,10-14,16-24,32,34H,8-9,15H2,1,3-5H3/b10-6-,31-25+. The van der Waals surface area contributed by atoms with E-state index in [1.165, 1.54) is 5.57 Å². The number of aromatic nitrogens is 1. The van der Waals surface area contributed by atoms with Gasteiger partial charge in [0.25, 0.3) is 0 Å². The number of benzene rings is 2. The van der Waals surface area contributed by atoms with Gasteiger partial charge in [-0.1, -0.05) is 68.3 Å². The maximum Gasteiger partial charge on any atom is 0.118 e. The highest BCUT2D eigenvalue weighted by Crippen LogP contribution is 2.30. The molecule has 0 spiro atoms. The van der Waals surface area contributed by atoms with Crippen molar-refractivity contribution in [2.75, 3.05) is 7.11 Å². The van der Waals surface area contributed by atoms with Crippen LogP contribution in [0.2, 0.25) is 0 Å². The normalized spacial score (nSPS) is 13.6. The molecule has 3 nitrogen and oxygen atoms in total. The van der Waals surface area contributed by atoms with Gasteiger partial charge in [0, 0.05) is 11.3 Å². The van der Waals surface area contributed by atoms with E-state index in [9.17, 15) is 0 Å². The number of nitrogens with zero attached hydrogens (tertiary/aromatic N) is 1. The van der Waals surface area contributed by atoms with Gasteiger partial charge in [-0.2, -0.15) is 0 Å². The monoisotopic (exact) mass is 464 g/mol. The first kappa shape index (κ1) is 25.8. The molecule has 1 aromatic heterocycles. The minimum absolute atomic E-state index is 0.0196. The van der Waals surface area contributed by atoms with E-state index in [2.05, 4.69) is 80.6 Å². The first-order valence-corrected chi connectivity index (χ1v) is 12.4. The Morgan fingerprint density at radius 2 is 1.77 bits per heavy atom. The SMILES string of the molecule is C#CC(CC)/C(NC(c1ccccc1)c1cccc(-c2ccc(OC)cc2)n1)=C(/CC)C/C=C\C. The van der Waals surface area contributed by atoms with Crippen LogP contribution in [0.5, 0.6) is 5.75 Å². The van der Waals surface area contributed by atoms with Gasteiger partial charge in [-0.3, -0.25) is 4.98 Å². The molecule has 1 heterocycles. The van der Waals surface area contributed by atoms with Gasteiger partial charge in [-0.25, -0.2) is 0 Å². The van der Waals surface area contributed by atoms with E-state index in [0.29, 0.717) is 0 Å². The minimum Gasteiger partial charge on any atom is -0.497 e. The summed E-state index contributed by atoms with van der Waals surface area (Å²) in [7, 11) is 1.68. The average Bonchev–Trinajstić information content (AvgIpc) is 2.92. The lowest BCUT2D eigenvalue weighted by Crippen LogP contribution is -2.28. The van der Waals surface area contributed by atoms with Gasteiger partial charge in [-0.05, 0) is 73.7 Å². The smallest absolute Gasteiger partial charge is 0.118 e. The third kappa shape index (κ3) is 6.64. The van der Waals surface area contributed by atoms with Crippen LogP contribution in [-0.4, -0.2) is 12.1 Å². The van der Waals surface area contributed by atoms with Crippen molar-refractivity contribution in [1.29, 1.82) is 0 Å². The number of ether oxygens (including phenoxy) is 1. The lowest BCUT2D eigenvalue weighted by atomic mass is 9.93. The van der Waals surface area contributed by atoms with E-state index in [1.54, 1.807) is 7.11 Å². The van der Waals surface area contributed by atoms with Crippen LogP contribution in [0.4, 0.5) is 0 Å². The van der Waals surface area contributed by atoms with Crippen LogP contribution in [0.3, 0.4) is 0 Å². The van der Waals surface area contributed by atoms with Crippen LogP contribution in [0, 0.1) is 18.3 Å². The van der Waals surface area contributed by atoms with Crippen molar-refractivity contribution in [2.24, 2.45) is 5.92 Å². The summed E-state index contributed by atoms with van der Waals surface area (Å²) in [6, 6.07) is 24.6. The zero-order valence-corrected chi connectivity index (χ0v) is 21.3. The van der Waals surface area contributed by atoms with E-state index in [-0.39, 0.29) is 12.0 Å². The number of terminal acetylenes is 1. The highest BCUT2D eigenvalue weighted by molar-refractivity contribution is 5.60. The molecular weight excluding hydrogens is 428 g/mol. The first-order chi connectivity index (χ1) is 17.1. The zero-order chi connectivity index (χ0) is 25.0. The highest BCUT2D eigenvalue weighted by Gasteiger charge is 2.22. The molecule has 0 radical (unpaired) electrons. The van der Waals surface area contributed by atoms with E-state index >= 15 is 0 Å². The van der Waals surface area contributed by atoms with E-state index in [4.69, 9.17) is 16.1 Å². The van der Waals surface area contributed by atoms with Gasteiger partial charge in [0.05, 0.1) is 30.5 Å². The molecule has 35 heavy (non-hydrogen) atoms. The van der Waals surface area contributed by atoms with Crippen molar-refractivity contribution in [3.05, 3.63) is 107 Å². The van der Waals surface area contributed by atoms with Gasteiger partial charge in [-0.15, -0.1) is 6.42 Å². The fraction of sp³-hybridized carbons (Fsp3) is 0.281. The molecule has 2 aromatic carbocycles. The fourth-order valence-electron chi connectivity index (χ4n) is 4.22. The Morgan fingerprint density at radius 3 is 2.37 bits per heavy atom. The molecule has 3 rings (SSSR count). The quantitative estimate of drug-likeness (QED) is 0.233. The maximum absolute atomic E-state index is 6.01. The Kier molecular flexibility index (Phi) is 9.75. The summed E-state index contributed by atoms with van der Waals surface area (Å²) in [5.41, 5.74) is 6.55. The second-order valence-corrected chi connectivity index (χ2v) is 8.44. The van der Waals surface area contributed by atoms with Gasteiger partial charge >= 0.3 is 0 Å². The number of methoxy groups -OCH3 is 1. The Hall–Kier alpha value is -3.77. The summed E-state index contributed by atoms with van der Waals surface area (Å²) < 4.78 is 5.32. The molecule has 3 heteroatoms. The second-order valence-electron chi connectivity index (χ2n) is 8.44. The third-order valence-electron chi connectivity index (χ3n) is 6.25. The molecule has 0 amide bonds. The Morgan fingerprint density at radius 1 is 1.03 bits per heavy atom. The maximum atomic E-state index is 6.01. The molecule has 0 aliphatic carbocycles. The Bertz CT molecular complexity index is 1170.